The minimum absolute atomic E-state index is 0.204. The van der Waals surface area contributed by atoms with Crippen LogP contribution in [0.5, 0.6) is 17.2 Å². The van der Waals surface area contributed by atoms with E-state index in [0.29, 0.717) is 18.9 Å². The van der Waals surface area contributed by atoms with Gasteiger partial charge in [0, 0.05) is 35.0 Å². The maximum atomic E-state index is 10.5. The average molecular weight is 367 g/mol. The van der Waals surface area contributed by atoms with Gasteiger partial charge in [0.25, 0.3) is 0 Å². The van der Waals surface area contributed by atoms with Crippen LogP contribution in [0.2, 0.25) is 0 Å². The minimum atomic E-state index is 0.204. The fourth-order valence-electron chi connectivity index (χ4n) is 3.28. The lowest BCUT2D eigenvalue weighted by atomic mass is 10.1. The second-order valence-electron chi connectivity index (χ2n) is 6.62. The standard InChI is InChI=1S/C21H21NO3S/c1-14-2-7-20(26-14)16-10-17-13-22(8-9-25-21(17)19(24)11-16)12-15-3-5-18(23)6-4-15/h2-7,10-11,23-24H,8-9,12-13H2,1H3. The van der Waals surface area contributed by atoms with Gasteiger partial charge >= 0.3 is 0 Å². The first-order valence-electron chi connectivity index (χ1n) is 8.64. The fraction of sp³-hybridized carbons (Fsp3) is 0.238. The molecule has 0 saturated heterocycles. The van der Waals surface area contributed by atoms with Crippen molar-refractivity contribution in [1.82, 2.24) is 4.90 Å². The maximum absolute atomic E-state index is 10.5. The van der Waals surface area contributed by atoms with Gasteiger partial charge in [-0.3, -0.25) is 4.90 Å². The van der Waals surface area contributed by atoms with Crippen molar-refractivity contribution in [3.05, 3.63) is 64.5 Å². The van der Waals surface area contributed by atoms with E-state index in [2.05, 4.69) is 30.0 Å². The molecule has 5 heteroatoms. The topological polar surface area (TPSA) is 52.9 Å². The molecule has 0 bridgehead atoms. The summed E-state index contributed by atoms with van der Waals surface area (Å²) in [6, 6.07) is 15.4. The number of aryl methyl sites for hydroxylation is 1. The lowest BCUT2D eigenvalue weighted by Gasteiger charge is -2.19. The summed E-state index contributed by atoms with van der Waals surface area (Å²) in [4.78, 5) is 4.69. The third-order valence-electron chi connectivity index (χ3n) is 4.56. The molecule has 0 unspecified atom stereocenters. The molecule has 3 aromatic rings. The van der Waals surface area contributed by atoms with Crippen molar-refractivity contribution in [2.24, 2.45) is 0 Å². The zero-order valence-electron chi connectivity index (χ0n) is 14.6. The number of fused-ring (bicyclic) bond motifs is 1. The Morgan fingerprint density at radius 2 is 1.88 bits per heavy atom. The third kappa shape index (κ3) is 3.54. The Labute approximate surface area is 156 Å². The Morgan fingerprint density at radius 3 is 2.62 bits per heavy atom. The van der Waals surface area contributed by atoms with Gasteiger partial charge in [-0.15, -0.1) is 11.3 Å². The highest BCUT2D eigenvalue weighted by Crippen LogP contribution is 2.39. The number of hydrogen-bond donors (Lipinski definition) is 2. The quantitative estimate of drug-likeness (QED) is 0.714. The molecule has 0 atom stereocenters. The number of ether oxygens (including phenoxy) is 1. The van der Waals surface area contributed by atoms with Crippen LogP contribution in [0.3, 0.4) is 0 Å². The Balaban J connectivity index is 1.62. The van der Waals surface area contributed by atoms with Crippen molar-refractivity contribution < 1.29 is 14.9 Å². The summed E-state index contributed by atoms with van der Waals surface area (Å²) in [6.45, 7) is 4.88. The summed E-state index contributed by atoms with van der Waals surface area (Å²) in [7, 11) is 0. The highest BCUT2D eigenvalue weighted by molar-refractivity contribution is 7.15. The smallest absolute Gasteiger partial charge is 0.165 e. The summed E-state index contributed by atoms with van der Waals surface area (Å²) in [6.07, 6.45) is 0. The van der Waals surface area contributed by atoms with Gasteiger partial charge in [0.05, 0.1) is 0 Å². The van der Waals surface area contributed by atoms with E-state index in [-0.39, 0.29) is 11.5 Å². The van der Waals surface area contributed by atoms with E-state index in [1.165, 1.54) is 4.88 Å². The molecule has 4 rings (SSSR count). The zero-order valence-corrected chi connectivity index (χ0v) is 15.4. The fourth-order valence-corrected chi connectivity index (χ4v) is 4.13. The third-order valence-corrected chi connectivity index (χ3v) is 5.61. The Morgan fingerprint density at radius 1 is 1.08 bits per heavy atom. The molecule has 1 aromatic heterocycles. The van der Waals surface area contributed by atoms with Gasteiger partial charge in [-0.1, -0.05) is 12.1 Å². The van der Waals surface area contributed by atoms with Gasteiger partial charge in [-0.25, -0.2) is 0 Å². The molecule has 4 nitrogen and oxygen atoms in total. The van der Waals surface area contributed by atoms with Gasteiger partial charge in [-0.05, 0) is 54.4 Å². The molecule has 1 aliphatic heterocycles. The maximum Gasteiger partial charge on any atom is 0.165 e. The van der Waals surface area contributed by atoms with Crippen molar-refractivity contribution in [2.75, 3.05) is 13.2 Å². The van der Waals surface area contributed by atoms with Crippen LogP contribution in [0, 0.1) is 6.92 Å². The van der Waals surface area contributed by atoms with E-state index in [9.17, 15) is 10.2 Å². The Bertz CT molecular complexity index is 918. The highest BCUT2D eigenvalue weighted by atomic mass is 32.1. The van der Waals surface area contributed by atoms with Crippen molar-refractivity contribution in [2.45, 2.75) is 20.0 Å². The van der Waals surface area contributed by atoms with Gasteiger partial charge in [0.2, 0.25) is 0 Å². The molecule has 0 spiro atoms. The summed E-state index contributed by atoms with van der Waals surface area (Å²) in [5.74, 6) is 1.07. The van der Waals surface area contributed by atoms with Gasteiger partial charge in [0.1, 0.15) is 12.4 Å². The molecule has 0 saturated carbocycles. The van der Waals surface area contributed by atoms with Gasteiger partial charge in [-0.2, -0.15) is 0 Å². The molecular weight excluding hydrogens is 346 g/mol. The average Bonchev–Trinajstić information content (AvgIpc) is 2.94. The number of phenolic OH excluding ortho intramolecular Hbond substituents is 2. The van der Waals surface area contributed by atoms with Crippen LogP contribution in [-0.2, 0) is 13.1 Å². The number of rotatable bonds is 3. The number of hydrogen-bond acceptors (Lipinski definition) is 5. The normalized spacial score (nSPS) is 14.5. The molecule has 2 heterocycles. The Kier molecular flexibility index (Phi) is 4.57. The second kappa shape index (κ2) is 7.02. The van der Waals surface area contributed by atoms with Crippen molar-refractivity contribution in [3.8, 4) is 27.7 Å². The number of nitrogens with zero attached hydrogens (tertiary/aromatic N) is 1. The number of thiophene rings is 1. The number of benzene rings is 2. The van der Waals surface area contributed by atoms with Gasteiger partial charge in [0.15, 0.2) is 11.5 Å². The van der Waals surface area contributed by atoms with E-state index in [1.54, 1.807) is 29.5 Å². The Hall–Kier alpha value is -2.50. The molecule has 0 aliphatic carbocycles. The SMILES string of the molecule is Cc1ccc(-c2cc(O)c3c(c2)CN(Cc2ccc(O)cc2)CCO3)s1. The largest absolute Gasteiger partial charge is 0.508 e. The summed E-state index contributed by atoms with van der Waals surface area (Å²) in [5.41, 5.74) is 3.16. The lowest BCUT2D eigenvalue weighted by Crippen LogP contribution is -2.25. The van der Waals surface area contributed by atoms with E-state index < -0.39 is 0 Å². The van der Waals surface area contributed by atoms with Crippen molar-refractivity contribution >= 4 is 11.3 Å². The first kappa shape index (κ1) is 16.9. The number of phenols is 2. The van der Waals surface area contributed by atoms with Crippen LogP contribution in [0.4, 0.5) is 0 Å². The molecule has 1 aliphatic rings. The monoisotopic (exact) mass is 367 g/mol. The molecule has 0 fully saturated rings. The molecule has 134 valence electrons. The first-order valence-corrected chi connectivity index (χ1v) is 9.46. The van der Waals surface area contributed by atoms with Crippen molar-refractivity contribution in [3.63, 3.8) is 0 Å². The molecule has 26 heavy (non-hydrogen) atoms. The van der Waals surface area contributed by atoms with Crippen LogP contribution >= 0.6 is 11.3 Å². The molecule has 2 N–H and O–H groups in total. The van der Waals surface area contributed by atoms with Gasteiger partial charge < -0.3 is 14.9 Å². The lowest BCUT2D eigenvalue weighted by molar-refractivity contribution is 0.217. The van der Waals surface area contributed by atoms with Crippen molar-refractivity contribution in [1.29, 1.82) is 0 Å². The summed E-state index contributed by atoms with van der Waals surface area (Å²) < 4.78 is 5.83. The predicted molar refractivity (Wildman–Crippen MR) is 104 cm³/mol. The van der Waals surface area contributed by atoms with Crippen LogP contribution in [0.1, 0.15) is 16.0 Å². The molecular formula is C21H21NO3S. The highest BCUT2D eigenvalue weighted by Gasteiger charge is 2.20. The predicted octanol–water partition coefficient (Wildman–Crippen LogP) is 4.53. The minimum Gasteiger partial charge on any atom is -0.508 e. The molecule has 2 aromatic carbocycles. The van der Waals surface area contributed by atoms with Crippen LogP contribution in [-0.4, -0.2) is 28.3 Å². The van der Waals surface area contributed by atoms with Crippen LogP contribution in [0.25, 0.3) is 10.4 Å². The zero-order chi connectivity index (χ0) is 18.1. The molecule has 0 radical (unpaired) electrons. The van der Waals surface area contributed by atoms with E-state index in [4.69, 9.17) is 4.74 Å². The van der Waals surface area contributed by atoms with E-state index in [0.717, 1.165) is 34.7 Å². The number of aromatic hydroxyl groups is 2. The van der Waals surface area contributed by atoms with E-state index >= 15 is 0 Å². The van der Waals surface area contributed by atoms with Crippen LogP contribution in [0.15, 0.2) is 48.5 Å². The molecule has 0 amide bonds. The van der Waals surface area contributed by atoms with Crippen LogP contribution < -0.4 is 4.74 Å². The summed E-state index contributed by atoms with van der Waals surface area (Å²) in [5, 5.41) is 19.9. The first-order chi connectivity index (χ1) is 12.6. The van der Waals surface area contributed by atoms with E-state index in [1.807, 2.05) is 12.1 Å². The second-order valence-corrected chi connectivity index (χ2v) is 7.91. The summed E-state index contributed by atoms with van der Waals surface area (Å²) >= 11 is 1.72.